The maximum atomic E-state index is 13.5. The summed E-state index contributed by atoms with van der Waals surface area (Å²) in [6.07, 6.45) is 5.89. The molecule has 2 aromatic heterocycles. The third-order valence-corrected chi connectivity index (χ3v) is 7.78. The molecule has 1 atom stereocenters. The van der Waals surface area contributed by atoms with Gasteiger partial charge in [0, 0.05) is 31.7 Å². The monoisotopic (exact) mass is 449 g/mol. The lowest BCUT2D eigenvalue weighted by molar-refractivity contribution is 0.106. The number of piperazine rings is 1. The van der Waals surface area contributed by atoms with Crippen LogP contribution in [0.4, 0.5) is 0 Å². The van der Waals surface area contributed by atoms with Gasteiger partial charge in [0.2, 0.25) is 0 Å². The van der Waals surface area contributed by atoms with Crippen LogP contribution in [0.25, 0.3) is 10.9 Å². The molecule has 1 N–H and O–H groups in total. The van der Waals surface area contributed by atoms with E-state index in [1.54, 1.807) is 0 Å². The van der Waals surface area contributed by atoms with Crippen molar-refractivity contribution in [2.75, 3.05) is 32.7 Å². The van der Waals surface area contributed by atoms with E-state index in [4.69, 9.17) is 0 Å². The van der Waals surface area contributed by atoms with Crippen LogP contribution in [0.1, 0.15) is 73.6 Å². The van der Waals surface area contributed by atoms with E-state index >= 15 is 0 Å². The van der Waals surface area contributed by atoms with Gasteiger partial charge in [-0.15, -0.1) is 5.10 Å². The summed E-state index contributed by atoms with van der Waals surface area (Å²) in [6, 6.07) is 6.36. The largest absolute Gasteiger partial charge is 0.321 e. The quantitative estimate of drug-likeness (QED) is 0.643. The third-order valence-electron chi connectivity index (χ3n) is 7.78. The summed E-state index contributed by atoms with van der Waals surface area (Å²) in [6.45, 7) is 11.2. The van der Waals surface area contributed by atoms with Gasteiger partial charge in [-0.25, -0.2) is 4.68 Å². The molecule has 1 saturated carbocycles. The Hall–Kier alpha value is -2.58. The highest BCUT2D eigenvalue weighted by molar-refractivity contribution is 5.83. The number of aromatic nitrogens is 5. The molecular weight excluding hydrogens is 414 g/mol. The minimum absolute atomic E-state index is 0.0442. The lowest BCUT2D eigenvalue weighted by atomic mass is 9.95. The second kappa shape index (κ2) is 9.35. The Morgan fingerprint density at radius 2 is 1.85 bits per heavy atom. The van der Waals surface area contributed by atoms with Crippen molar-refractivity contribution in [2.45, 2.75) is 65.0 Å². The maximum Gasteiger partial charge on any atom is 0.253 e. The molecular formula is C25H35N7O. The molecule has 1 aliphatic heterocycles. The Labute approximate surface area is 195 Å². The summed E-state index contributed by atoms with van der Waals surface area (Å²) in [4.78, 5) is 21.6. The first-order valence-corrected chi connectivity index (χ1v) is 12.4. The average molecular weight is 450 g/mol. The molecule has 0 spiro atoms. The highest BCUT2D eigenvalue weighted by Gasteiger charge is 2.34. The number of tetrazole rings is 1. The predicted octanol–water partition coefficient (Wildman–Crippen LogP) is 3.36. The highest BCUT2D eigenvalue weighted by Crippen LogP contribution is 2.33. The van der Waals surface area contributed by atoms with Crippen molar-refractivity contribution in [3.05, 3.63) is 51.1 Å². The van der Waals surface area contributed by atoms with Crippen molar-refractivity contribution in [2.24, 2.45) is 0 Å². The van der Waals surface area contributed by atoms with Crippen LogP contribution in [0.3, 0.4) is 0 Å². The third kappa shape index (κ3) is 4.22. The van der Waals surface area contributed by atoms with E-state index in [9.17, 15) is 4.79 Å². The van der Waals surface area contributed by atoms with Gasteiger partial charge in [0.25, 0.3) is 5.56 Å². The number of rotatable bonds is 5. The molecule has 1 saturated heterocycles. The van der Waals surface area contributed by atoms with Crippen molar-refractivity contribution in [3.63, 3.8) is 0 Å². The van der Waals surface area contributed by atoms with Gasteiger partial charge < -0.3 is 9.88 Å². The lowest BCUT2D eigenvalue weighted by Crippen LogP contribution is -2.49. The second-order valence-corrected chi connectivity index (χ2v) is 9.67. The van der Waals surface area contributed by atoms with Crippen molar-refractivity contribution < 1.29 is 0 Å². The van der Waals surface area contributed by atoms with Crippen LogP contribution in [-0.4, -0.2) is 67.7 Å². The SMILES string of the molecule is CCN1CCN([C@@H](c2cc3ccc(C)c(C)c3[nH]c2=O)c2nnnn2C2CCCCC2)CC1. The number of benzene rings is 1. The Bertz CT molecular complexity index is 1170. The Kier molecular flexibility index (Phi) is 6.29. The first kappa shape index (κ1) is 22.2. The topological polar surface area (TPSA) is 82.9 Å². The van der Waals surface area contributed by atoms with Crippen LogP contribution >= 0.6 is 0 Å². The lowest BCUT2D eigenvalue weighted by Gasteiger charge is -2.38. The standard InChI is InChI=1S/C25H35N7O/c1-4-30-12-14-31(15-13-30)23(24-27-28-29-32(24)20-8-6-5-7-9-20)21-16-19-11-10-17(2)18(3)22(19)26-25(21)33/h10-11,16,20,23H,4-9,12-15H2,1-3H3,(H,26,33)/t23-/m0/s1. The van der Waals surface area contributed by atoms with E-state index in [1.807, 2.05) is 4.68 Å². The number of hydrogen-bond acceptors (Lipinski definition) is 6. The summed E-state index contributed by atoms with van der Waals surface area (Å²) in [5.74, 6) is 0.806. The van der Waals surface area contributed by atoms with Crippen LogP contribution in [-0.2, 0) is 0 Å². The van der Waals surface area contributed by atoms with Crippen molar-refractivity contribution in [1.82, 2.24) is 35.0 Å². The van der Waals surface area contributed by atoms with E-state index in [0.717, 1.165) is 73.4 Å². The molecule has 0 radical (unpaired) electrons. The summed E-state index contributed by atoms with van der Waals surface area (Å²) < 4.78 is 2.03. The van der Waals surface area contributed by atoms with E-state index < -0.39 is 0 Å². The number of pyridine rings is 1. The van der Waals surface area contributed by atoms with Gasteiger partial charge in [0.15, 0.2) is 5.82 Å². The molecule has 1 aliphatic carbocycles. The number of H-pyrrole nitrogens is 1. The van der Waals surface area contributed by atoms with Crippen LogP contribution < -0.4 is 5.56 Å². The van der Waals surface area contributed by atoms with Gasteiger partial charge in [-0.3, -0.25) is 9.69 Å². The van der Waals surface area contributed by atoms with Crippen molar-refractivity contribution >= 4 is 10.9 Å². The number of aryl methyl sites for hydroxylation is 2. The normalized spacial score (nSPS) is 19.8. The second-order valence-electron chi connectivity index (χ2n) is 9.67. The van der Waals surface area contributed by atoms with Crippen LogP contribution in [0.5, 0.6) is 0 Å². The zero-order valence-electron chi connectivity index (χ0n) is 20.0. The fraction of sp³-hybridized carbons (Fsp3) is 0.600. The average Bonchev–Trinajstić information content (AvgIpc) is 3.33. The minimum Gasteiger partial charge on any atom is -0.321 e. The number of nitrogens with one attached hydrogen (secondary N) is 1. The molecule has 3 aromatic rings. The van der Waals surface area contributed by atoms with Gasteiger partial charge in [-0.2, -0.15) is 0 Å². The molecule has 2 aliphatic rings. The summed E-state index contributed by atoms with van der Waals surface area (Å²) in [5.41, 5.74) is 3.92. The van der Waals surface area contributed by atoms with E-state index in [-0.39, 0.29) is 11.6 Å². The summed E-state index contributed by atoms with van der Waals surface area (Å²) in [5, 5.41) is 14.1. The maximum absolute atomic E-state index is 13.5. The molecule has 0 amide bonds. The molecule has 3 heterocycles. The molecule has 8 heteroatoms. The van der Waals surface area contributed by atoms with Gasteiger partial charge in [-0.1, -0.05) is 38.3 Å². The zero-order valence-corrected chi connectivity index (χ0v) is 20.0. The number of fused-ring (bicyclic) bond motifs is 1. The van der Waals surface area contributed by atoms with Crippen LogP contribution in [0.2, 0.25) is 0 Å². The van der Waals surface area contributed by atoms with E-state index in [0.29, 0.717) is 6.04 Å². The summed E-state index contributed by atoms with van der Waals surface area (Å²) in [7, 11) is 0. The predicted molar refractivity (Wildman–Crippen MR) is 130 cm³/mol. The van der Waals surface area contributed by atoms with Crippen LogP contribution in [0.15, 0.2) is 23.0 Å². The molecule has 0 bridgehead atoms. The van der Waals surface area contributed by atoms with E-state index in [2.05, 4.69) is 69.3 Å². The smallest absolute Gasteiger partial charge is 0.253 e. The first-order valence-electron chi connectivity index (χ1n) is 12.4. The fourth-order valence-corrected chi connectivity index (χ4v) is 5.55. The molecule has 33 heavy (non-hydrogen) atoms. The molecule has 1 aromatic carbocycles. The Balaban J connectivity index is 1.61. The number of hydrogen-bond donors (Lipinski definition) is 1. The van der Waals surface area contributed by atoms with Gasteiger partial charge in [0.1, 0.15) is 6.04 Å². The highest BCUT2D eigenvalue weighted by atomic mass is 16.1. The van der Waals surface area contributed by atoms with Crippen molar-refractivity contribution in [3.8, 4) is 0 Å². The zero-order chi connectivity index (χ0) is 22.9. The van der Waals surface area contributed by atoms with E-state index in [1.165, 1.54) is 24.8 Å². The molecule has 176 valence electrons. The number of likely N-dealkylation sites (N-methyl/N-ethyl adjacent to an activating group) is 1. The van der Waals surface area contributed by atoms with Gasteiger partial charge in [-0.05, 0) is 66.2 Å². The fourth-order valence-electron chi connectivity index (χ4n) is 5.55. The van der Waals surface area contributed by atoms with Crippen LogP contribution in [0, 0.1) is 13.8 Å². The van der Waals surface area contributed by atoms with Gasteiger partial charge >= 0.3 is 0 Å². The Morgan fingerprint density at radius 3 is 2.58 bits per heavy atom. The number of aromatic amines is 1. The van der Waals surface area contributed by atoms with Gasteiger partial charge in [0.05, 0.1) is 11.6 Å². The molecule has 0 unspecified atom stereocenters. The summed E-state index contributed by atoms with van der Waals surface area (Å²) >= 11 is 0. The molecule has 2 fully saturated rings. The minimum atomic E-state index is -0.254. The molecule has 5 rings (SSSR count). The Morgan fingerprint density at radius 1 is 1.09 bits per heavy atom. The van der Waals surface area contributed by atoms with Crippen molar-refractivity contribution in [1.29, 1.82) is 0 Å². The first-order chi connectivity index (χ1) is 16.1. The molecule has 8 nitrogen and oxygen atoms in total. The number of nitrogens with zero attached hydrogens (tertiary/aromatic N) is 6.